The van der Waals surface area contributed by atoms with Crippen molar-refractivity contribution >= 4 is 28.3 Å². The molecule has 5 rings (SSSR count). The van der Waals surface area contributed by atoms with Crippen LogP contribution in [-0.2, 0) is 24.7 Å². The maximum Gasteiger partial charge on any atom is 0.228 e. The molecule has 9 nitrogen and oxygen atoms in total. The molecule has 0 saturated heterocycles. The van der Waals surface area contributed by atoms with E-state index >= 15 is 0 Å². The van der Waals surface area contributed by atoms with E-state index in [9.17, 15) is 4.79 Å². The monoisotopic (exact) mass is 457 g/mol. The van der Waals surface area contributed by atoms with E-state index in [4.69, 9.17) is 4.74 Å². The first-order chi connectivity index (χ1) is 16.6. The van der Waals surface area contributed by atoms with Crippen molar-refractivity contribution in [2.75, 3.05) is 24.8 Å². The fraction of sp³-hybridized carbons (Fsp3) is 0.320. The van der Waals surface area contributed by atoms with Gasteiger partial charge in [0.2, 0.25) is 5.91 Å². The molecule has 1 aliphatic rings. The van der Waals surface area contributed by atoms with Crippen molar-refractivity contribution in [1.82, 2.24) is 24.7 Å². The average molecular weight is 458 g/mol. The highest BCUT2D eigenvalue weighted by atomic mass is 16.5. The standard InChI is InChI=1S/C25H27N7O2/c1-26-23-21-13-27-22(31-25(33)16-6-7-16)11-20(21)17(12-28-23)5-4-15-8-18(10-19(9-15)34-3)24-29-14-30-32(24)2/h8-14,16H,4-7H2,1-3H3,(H,26,28)(H,27,31,33). The molecule has 0 radical (unpaired) electrons. The van der Waals surface area contributed by atoms with Gasteiger partial charge in [0.15, 0.2) is 5.82 Å². The van der Waals surface area contributed by atoms with Gasteiger partial charge in [-0.3, -0.25) is 4.79 Å². The third-order valence-electron chi connectivity index (χ3n) is 6.15. The largest absolute Gasteiger partial charge is 0.497 e. The molecule has 1 fully saturated rings. The summed E-state index contributed by atoms with van der Waals surface area (Å²) in [6, 6.07) is 8.07. The molecule has 0 spiro atoms. The Kier molecular flexibility index (Phi) is 5.83. The average Bonchev–Trinajstić information content (AvgIpc) is 3.62. The number of fused-ring (bicyclic) bond motifs is 1. The SMILES string of the molecule is CNc1ncc(CCc2cc(OC)cc(-c3ncnn3C)c2)c2cc(NC(=O)C3CC3)ncc12. The first-order valence-electron chi connectivity index (χ1n) is 11.3. The summed E-state index contributed by atoms with van der Waals surface area (Å²) >= 11 is 0. The number of amides is 1. The van der Waals surface area contributed by atoms with Crippen LogP contribution >= 0.6 is 0 Å². The van der Waals surface area contributed by atoms with Crippen LogP contribution in [0.5, 0.6) is 5.75 Å². The molecule has 1 aromatic carbocycles. The maximum atomic E-state index is 12.2. The van der Waals surface area contributed by atoms with Crippen molar-refractivity contribution in [1.29, 1.82) is 0 Å². The summed E-state index contributed by atoms with van der Waals surface area (Å²) in [6.45, 7) is 0. The number of carbonyl (C=O) groups is 1. The van der Waals surface area contributed by atoms with Gasteiger partial charge in [-0.2, -0.15) is 5.10 Å². The molecular weight excluding hydrogens is 430 g/mol. The quantitative estimate of drug-likeness (QED) is 0.416. The lowest BCUT2D eigenvalue weighted by molar-refractivity contribution is -0.117. The molecule has 9 heteroatoms. The molecule has 0 atom stereocenters. The van der Waals surface area contributed by atoms with Crippen molar-refractivity contribution in [2.45, 2.75) is 25.7 Å². The van der Waals surface area contributed by atoms with E-state index in [-0.39, 0.29) is 11.8 Å². The summed E-state index contributed by atoms with van der Waals surface area (Å²) in [5.74, 6) is 3.07. The predicted octanol–water partition coefficient (Wildman–Crippen LogP) is 3.61. The molecule has 0 bridgehead atoms. The topological polar surface area (TPSA) is 107 Å². The van der Waals surface area contributed by atoms with Crippen LogP contribution in [0, 0.1) is 5.92 Å². The second-order valence-corrected chi connectivity index (χ2v) is 8.54. The molecule has 0 aliphatic heterocycles. The number of hydrogen-bond donors (Lipinski definition) is 2. The van der Waals surface area contributed by atoms with Gasteiger partial charge in [0, 0.05) is 43.4 Å². The van der Waals surface area contributed by atoms with E-state index < -0.39 is 0 Å². The van der Waals surface area contributed by atoms with Crippen LogP contribution in [0.1, 0.15) is 24.0 Å². The van der Waals surface area contributed by atoms with Crippen LogP contribution in [0.3, 0.4) is 0 Å². The van der Waals surface area contributed by atoms with E-state index in [0.717, 1.165) is 70.5 Å². The van der Waals surface area contributed by atoms with Gasteiger partial charge in [-0.25, -0.2) is 19.6 Å². The van der Waals surface area contributed by atoms with E-state index in [2.05, 4.69) is 36.8 Å². The Bertz CT molecular complexity index is 1360. The number of pyridine rings is 2. The van der Waals surface area contributed by atoms with Crippen LogP contribution in [-0.4, -0.2) is 44.8 Å². The molecule has 4 aromatic rings. The molecular formula is C25H27N7O2. The van der Waals surface area contributed by atoms with Crippen molar-refractivity contribution in [3.8, 4) is 17.1 Å². The first kappa shape index (κ1) is 21.8. The number of nitrogens with one attached hydrogen (secondary N) is 2. The zero-order valence-electron chi connectivity index (χ0n) is 19.5. The van der Waals surface area contributed by atoms with Crippen LogP contribution in [0.15, 0.2) is 43.0 Å². The Balaban J connectivity index is 1.45. The number of hydrogen-bond acceptors (Lipinski definition) is 7. The Morgan fingerprint density at radius 3 is 2.65 bits per heavy atom. The first-order valence-corrected chi connectivity index (χ1v) is 11.3. The van der Waals surface area contributed by atoms with E-state index in [0.29, 0.717) is 5.82 Å². The molecule has 3 heterocycles. The summed E-state index contributed by atoms with van der Waals surface area (Å²) in [5.41, 5.74) is 3.16. The molecule has 174 valence electrons. The third-order valence-corrected chi connectivity index (χ3v) is 6.15. The van der Waals surface area contributed by atoms with Crippen LogP contribution < -0.4 is 15.4 Å². The zero-order chi connectivity index (χ0) is 23.7. The number of methoxy groups -OCH3 is 1. The van der Waals surface area contributed by atoms with Crippen molar-refractivity contribution in [2.24, 2.45) is 13.0 Å². The summed E-state index contributed by atoms with van der Waals surface area (Å²) < 4.78 is 7.28. The number of ether oxygens (including phenoxy) is 1. The number of aryl methyl sites for hydroxylation is 3. The van der Waals surface area contributed by atoms with E-state index in [1.165, 1.54) is 0 Å². The number of anilines is 2. The summed E-state index contributed by atoms with van der Waals surface area (Å²) in [4.78, 5) is 25.7. The minimum atomic E-state index is 0.0454. The van der Waals surface area contributed by atoms with Crippen LogP contribution in [0.4, 0.5) is 11.6 Å². The van der Waals surface area contributed by atoms with Gasteiger partial charge >= 0.3 is 0 Å². The second kappa shape index (κ2) is 9.09. The van der Waals surface area contributed by atoms with Gasteiger partial charge in [-0.15, -0.1) is 0 Å². The van der Waals surface area contributed by atoms with E-state index in [1.807, 2.05) is 38.5 Å². The number of nitrogens with zero attached hydrogens (tertiary/aromatic N) is 5. The molecule has 3 aromatic heterocycles. The summed E-state index contributed by atoms with van der Waals surface area (Å²) in [5, 5.41) is 12.2. The van der Waals surface area contributed by atoms with E-state index in [1.54, 1.807) is 24.3 Å². The van der Waals surface area contributed by atoms with Crippen molar-refractivity contribution in [3.63, 3.8) is 0 Å². The molecule has 2 N–H and O–H groups in total. The number of aromatic nitrogens is 5. The lowest BCUT2D eigenvalue weighted by Crippen LogP contribution is -2.14. The predicted molar refractivity (Wildman–Crippen MR) is 131 cm³/mol. The molecule has 1 saturated carbocycles. The molecule has 34 heavy (non-hydrogen) atoms. The van der Waals surface area contributed by atoms with Crippen LogP contribution in [0.25, 0.3) is 22.2 Å². The zero-order valence-corrected chi connectivity index (χ0v) is 19.5. The van der Waals surface area contributed by atoms with Crippen molar-refractivity contribution in [3.05, 3.63) is 54.1 Å². The van der Waals surface area contributed by atoms with Gasteiger partial charge < -0.3 is 15.4 Å². The van der Waals surface area contributed by atoms with Gasteiger partial charge in [-0.05, 0) is 66.5 Å². The molecule has 1 amide bonds. The minimum Gasteiger partial charge on any atom is -0.497 e. The summed E-state index contributed by atoms with van der Waals surface area (Å²) in [6.07, 6.45) is 8.67. The number of carbonyl (C=O) groups excluding carboxylic acids is 1. The Labute approximate surface area is 197 Å². The molecule has 1 aliphatic carbocycles. The third kappa shape index (κ3) is 4.41. The highest BCUT2D eigenvalue weighted by molar-refractivity contribution is 5.98. The highest BCUT2D eigenvalue weighted by Crippen LogP contribution is 2.32. The lowest BCUT2D eigenvalue weighted by atomic mass is 9.99. The van der Waals surface area contributed by atoms with Crippen LogP contribution in [0.2, 0.25) is 0 Å². The molecule has 0 unspecified atom stereocenters. The van der Waals surface area contributed by atoms with Gasteiger partial charge in [0.25, 0.3) is 0 Å². The highest BCUT2D eigenvalue weighted by Gasteiger charge is 2.29. The fourth-order valence-electron chi connectivity index (χ4n) is 4.12. The summed E-state index contributed by atoms with van der Waals surface area (Å²) in [7, 11) is 5.38. The normalized spacial score (nSPS) is 13.1. The maximum absolute atomic E-state index is 12.2. The number of rotatable bonds is 8. The Morgan fingerprint density at radius 2 is 1.94 bits per heavy atom. The van der Waals surface area contributed by atoms with Gasteiger partial charge in [-0.1, -0.05) is 0 Å². The van der Waals surface area contributed by atoms with Gasteiger partial charge in [0.05, 0.1) is 7.11 Å². The lowest BCUT2D eigenvalue weighted by Gasteiger charge is -2.13. The fourth-order valence-corrected chi connectivity index (χ4v) is 4.12. The number of benzene rings is 1. The minimum absolute atomic E-state index is 0.0454. The van der Waals surface area contributed by atoms with Crippen molar-refractivity contribution < 1.29 is 9.53 Å². The Morgan fingerprint density at radius 1 is 1.09 bits per heavy atom. The smallest absolute Gasteiger partial charge is 0.228 e. The Hall–Kier alpha value is -4.01. The van der Waals surface area contributed by atoms with Gasteiger partial charge in [0.1, 0.15) is 23.7 Å². The second-order valence-electron chi connectivity index (χ2n) is 8.54.